The topological polar surface area (TPSA) is 142 Å². The second-order valence-electron chi connectivity index (χ2n) is 13.6. The van der Waals surface area contributed by atoms with E-state index in [0.29, 0.717) is 29.6 Å². The number of furan rings is 1. The lowest BCUT2D eigenvalue weighted by atomic mass is 9.34. The van der Waals surface area contributed by atoms with Gasteiger partial charge < -0.3 is 33.6 Å². The van der Waals surface area contributed by atoms with Crippen molar-refractivity contribution in [2.75, 3.05) is 13.7 Å². The van der Waals surface area contributed by atoms with Crippen molar-refractivity contribution >= 4 is 17.9 Å². The van der Waals surface area contributed by atoms with Crippen LogP contribution in [-0.4, -0.2) is 59.3 Å². The maximum absolute atomic E-state index is 13.2. The predicted octanol–water partition coefficient (Wildman–Crippen LogP) is 3.77. The molecule has 10 nitrogen and oxygen atoms in total. The third-order valence-corrected chi connectivity index (χ3v) is 11.8. The SMILES string of the molecule is C/C=C(\C)C(=O)O[C@@H]1[C@@H]2C[C@]3(O)C4=CC(=O)O[C@@H](c5ccoc5)[C@]4(C)CC[C@@H]3[C@]3(C)[C@@H](CC(=O)OC)[C@@]1(C)CO[C@]23O. The van der Waals surface area contributed by atoms with E-state index < -0.39 is 75.5 Å². The molecule has 1 aromatic rings. The van der Waals surface area contributed by atoms with E-state index in [1.807, 2.05) is 20.8 Å². The number of carbonyl (C=O) groups is 3. The number of allylic oxidation sites excluding steroid dienone is 1. The number of carbonyl (C=O) groups excluding carboxylic acids is 3. The molecule has 0 spiro atoms. The minimum atomic E-state index is -1.82. The Kier molecular flexibility index (Phi) is 6.43. The lowest BCUT2D eigenvalue weighted by Gasteiger charge is -2.76. The number of methoxy groups -OCH3 is 1. The van der Waals surface area contributed by atoms with Crippen LogP contribution in [0.4, 0.5) is 0 Å². The molecule has 228 valence electrons. The van der Waals surface area contributed by atoms with Crippen LogP contribution in [0, 0.1) is 34.0 Å². The van der Waals surface area contributed by atoms with E-state index in [9.17, 15) is 24.6 Å². The van der Waals surface area contributed by atoms with E-state index in [0.717, 1.165) is 0 Å². The van der Waals surface area contributed by atoms with Gasteiger partial charge in [0.15, 0.2) is 5.79 Å². The van der Waals surface area contributed by atoms with Gasteiger partial charge >= 0.3 is 17.9 Å². The Morgan fingerprint density at radius 3 is 2.60 bits per heavy atom. The van der Waals surface area contributed by atoms with Crippen molar-refractivity contribution in [2.45, 2.75) is 83.9 Å². The monoisotopic (exact) mass is 584 g/mol. The van der Waals surface area contributed by atoms with E-state index in [4.69, 9.17) is 23.4 Å². The van der Waals surface area contributed by atoms with Crippen LogP contribution in [0.25, 0.3) is 0 Å². The highest BCUT2D eigenvalue weighted by Crippen LogP contribution is 2.76. The number of aliphatic hydroxyl groups is 2. The molecule has 1 aromatic heterocycles. The summed E-state index contributed by atoms with van der Waals surface area (Å²) in [6, 6.07) is 1.75. The van der Waals surface area contributed by atoms with Gasteiger partial charge in [0.1, 0.15) is 12.2 Å². The molecule has 0 aromatic carbocycles. The maximum Gasteiger partial charge on any atom is 0.333 e. The van der Waals surface area contributed by atoms with Gasteiger partial charge in [0.05, 0.1) is 37.8 Å². The minimum absolute atomic E-state index is 0.00999. The summed E-state index contributed by atoms with van der Waals surface area (Å²) >= 11 is 0. The molecule has 10 heteroatoms. The molecule has 2 saturated heterocycles. The first-order valence-corrected chi connectivity index (χ1v) is 14.7. The molecule has 10 atom stereocenters. The zero-order valence-electron chi connectivity index (χ0n) is 25.0. The Balaban J connectivity index is 1.53. The predicted molar refractivity (Wildman–Crippen MR) is 146 cm³/mol. The number of esters is 3. The Hall–Kier alpha value is -2.95. The highest BCUT2D eigenvalue weighted by atomic mass is 16.6. The van der Waals surface area contributed by atoms with Crippen LogP contribution in [0.15, 0.2) is 46.3 Å². The molecule has 3 aliphatic carbocycles. The molecular formula is C32H40O10. The van der Waals surface area contributed by atoms with Gasteiger partial charge in [-0.05, 0) is 50.7 Å². The third kappa shape index (κ3) is 3.51. The van der Waals surface area contributed by atoms with Crippen molar-refractivity contribution in [2.24, 2.45) is 34.0 Å². The lowest BCUT2D eigenvalue weighted by molar-refractivity contribution is -0.460. The van der Waals surface area contributed by atoms with E-state index in [-0.39, 0.29) is 19.4 Å². The van der Waals surface area contributed by atoms with Crippen LogP contribution < -0.4 is 0 Å². The van der Waals surface area contributed by atoms with Gasteiger partial charge in [-0.3, -0.25) is 4.79 Å². The summed E-state index contributed by atoms with van der Waals surface area (Å²) in [6.45, 7) is 9.22. The Morgan fingerprint density at radius 1 is 1.21 bits per heavy atom. The fraction of sp³-hybridized carbons (Fsp3) is 0.656. The molecule has 42 heavy (non-hydrogen) atoms. The normalized spacial score (nSPS) is 45.7. The molecule has 5 fully saturated rings. The van der Waals surface area contributed by atoms with Crippen molar-refractivity contribution in [1.82, 2.24) is 0 Å². The smallest absolute Gasteiger partial charge is 0.333 e. The van der Waals surface area contributed by atoms with E-state index >= 15 is 0 Å². The standard InChI is InChI=1S/C32H40O10/c1-7-17(2)27(35)42-26-19-14-31(36)20(30(5)21(12-23(33)38-6)29(26,4)16-40-32(19,30)37)8-10-28(3)22(31)13-24(34)41-25(28)18-9-11-39-15-18/h7,9,11,13,15,19-21,25-26,36-37H,8,10,12,14,16H2,1-6H3/b17-7+/t19-,20+,21-,25-,26+,28+,29+,30+,31+,32+/m0/s1. The van der Waals surface area contributed by atoms with Gasteiger partial charge in [0, 0.05) is 45.8 Å². The fourth-order valence-corrected chi connectivity index (χ4v) is 9.59. The van der Waals surface area contributed by atoms with Gasteiger partial charge in [-0.1, -0.05) is 26.8 Å². The van der Waals surface area contributed by atoms with Crippen LogP contribution in [-0.2, 0) is 33.3 Å². The number of rotatable bonds is 5. The number of ether oxygens (including phenoxy) is 4. The average molecular weight is 585 g/mol. The molecule has 0 radical (unpaired) electrons. The highest BCUT2D eigenvalue weighted by molar-refractivity contribution is 5.88. The van der Waals surface area contributed by atoms with Gasteiger partial charge in [-0.25, -0.2) is 9.59 Å². The van der Waals surface area contributed by atoms with Gasteiger partial charge in [0.2, 0.25) is 0 Å². The molecule has 7 rings (SSSR count). The second-order valence-corrected chi connectivity index (χ2v) is 13.6. The molecule has 3 aliphatic heterocycles. The van der Waals surface area contributed by atoms with Crippen molar-refractivity contribution in [3.63, 3.8) is 0 Å². The Morgan fingerprint density at radius 2 is 1.95 bits per heavy atom. The molecule has 4 heterocycles. The van der Waals surface area contributed by atoms with Gasteiger partial charge in [0.25, 0.3) is 0 Å². The van der Waals surface area contributed by atoms with E-state index in [1.165, 1.54) is 19.4 Å². The van der Waals surface area contributed by atoms with Crippen LogP contribution in [0.2, 0.25) is 0 Å². The lowest BCUT2D eigenvalue weighted by Crippen LogP contribution is -2.84. The summed E-state index contributed by atoms with van der Waals surface area (Å²) in [5.74, 6) is -5.43. The van der Waals surface area contributed by atoms with Crippen molar-refractivity contribution in [3.8, 4) is 0 Å². The number of fused-ring (bicyclic) bond motifs is 4. The molecule has 0 amide bonds. The number of cyclic esters (lactones) is 1. The summed E-state index contributed by atoms with van der Waals surface area (Å²) in [5, 5.41) is 25.5. The summed E-state index contributed by atoms with van der Waals surface area (Å²) in [4.78, 5) is 39.2. The second kappa shape index (κ2) is 9.27. The van der Waals surface area contributed by atoms with Crippen molar-refractivity contribution in [3.05, 3.63) is 47.5 Å². The largest absolute Gasteiger partial charge is 0.472 e. The summed E-state index contributed by atoms with van der Waals surface area (Å²) in [6.07, 6.45) is 5.44. The molecule has 4 bridgehead atoms. The van der Waals surface area contributed by atoms with Crippen molar-refractivity contribution < 1.29 is 48.0 Å². The zero-order valence-corrected chi connectivity index (χ0v) is 25.0. The first-order chi connectivity index (χ1) is 19.7. The fourth-order valence-electron chi connectivity index (χ4n) is 9.59. The highest BCUT2D eigenvalue weighted by Gasteiger charge is 2.82. The first kappa shape index (κ1) is 29.1. The molecule has 3 saturated carbocycles. The molecule has 2 N–H and O–H groups in total. The maximum atomic E-state index is 13.2. The van der Waals surface area contributed by atoms with Crippen LogP contribution in [0.1, 0.15) is 72.0 Å². The van der Waals surface area contributed by atoms with Gasteiger partial charge in [-0.15, -0.1) is 0 Å². The average Bonchev–Trinajstić information content (AvgIpc) is 3.49. The van der Waals surface area contributed by atoms with Gasteiger partial charge in [-0.2, -0.15) is 0 Å². The van der Waals surface area contributed by atoms with Crippen LogP contribution >= 0.6 is 0 Å². The summed E-state index contributed by atoms with van der Waals surface area (Å²) in [7, 11) is 1.31. The first-order valence-electron chi connectivity index (χ1n) is 14.7. The number of hydrogen-bond acceptors (Lipinski definition) is 10. The minimum Gasteiger partial charge on any atom is -0.472 e. The zero-order chi connectivity index (χ0) is 30.5. The summed E-state index contributed by atoms with van der Waals surface area (Å²) in [5.41, 5.74) is -2.81. The quantitative estimate of drug-likeness (QED) is 0.298. The Bertz CT molecular complexity index is 1380. The molecular weight excluding hydrogens is 544 g/mol. The van der Waals surface area contributed by atoms with Crippen molar-refractivity contribution in [1.29, 1.82) is 0 Å². The number of hydrogen-bond donors (Lipinski definition) is 2. The Labute approximate surface area is 245 Å². The van der Waals surface area contributed by atoms with Crippen LogP contribution in [0.3, 0.4) is 0 Å². The van der Waals surface area contributed by atoms with E-state index in [1.54, 1.807) is 32.3 Å². The molecule has 0 unspecified atom stereocenters. The molecule has 6 aliphatic rings. The third-order valence-electron chi connectivity index (χ3n) is 11.8. The van der Waals surface area contributed by atoms with E-state index in [2.05, 4.69) is 0 Å². The summed E-state index contributed by atoms with van der Waals surface area (Å²) < 4.78 is 28.7. The van der Waals surface area contributed by atoms with Crippen LogP contribution in [0.5, 0.6) is 0 Å².